The van der Waals surface area contributed by atoms with Crippen LogP contribution in [0.2, 0.25) is 0 Å². The van der Waals surface area contributed by atoms with Crippen LogP contribution in [0.25, 0.3) is 6.08 Å². The third-order valence-corrected chi connectivity index (χ3v) is 36.2. The molecule has 6 saturated carbocycles. The Morgan fingerprint density at radius 2 is 0.976 bits per heavy atom. The van der Waals surface area contributed by atoms with Gasteiger partial charge in [-0.1, -0.05) is 0 Å². The van der Waals surface area contributed by atoms with Crippen LogP contribution in [-0.2, 0) is 0 Å². The van der Waals surface area contributed by atoms with Crippen molar-refractivity contribution in [2.45, 2.75) is 187 Å². The normalized spacial score (nSPS) is 29.1. The van der Waals surface area contributed by atoms with Crippen molar-refractivity contribution in [2.24, 2.45) is 0 Å². The van der Waals surface area contributed by atoms with E-state index in [9.17, 15) is 11.2 Å². The van der Waals surface area contributed by atoms with Crippen LogP contribution >= 0.6 is 36.1 Å². The van der Waals surface area contributed by atoms with E-state index in [1.165, 1.54) is 160 Å². The summed E-state index contributed by atoms with van der Waals surface area (Å²) < 4.78 is -0.175. The first kappa shape index (κ1) is 31.0. The molecule has 1 aromatic carbocycles. The van der Waals surface area contributed by atoms with Crippen LogP contribution in [0, 0.1) is 0 Å². The van der Waals surface area contributed by atoms with Gasteiger partial charge in [-0.25, -0.2) is 0 Å². The van der Waals surface area contributed by atoms with Crippen LogP contribution in [-0.4, -0.2) is 32.9 Å². The second kappa shape index (κ2) is 12.5. The molecule has 1 aromatic rings. The van der Waals surface area contributed by atoms with E-state index >= 15 is 0 Å². The number of alkyl halides is 1. The summed E-state index contributed by atoms with van der Waals surface area (Å²) in [5, 5.41) is 2.02. The molecule has 0 heterocycles. The molecule has 0 saturated heterocycles. The van der Waals surface area contributed by atoms with E-state index in [0.29, 0.717) is 11.3 Å². The summed E-state index contributed by atoms with van der Waals surface area (Å²) in [6, 6.07) is 11.7. The van der Waals surface area contributed by atoms with Gasteiger partial charge in [0.1, 0.15) is 0 Å². The molecule has 4 heteroatoms. The van der Waals surface area contributed by atoms with Crippen LogP contribution < -0.4 is 0 Å². The van der Waals surface area contributed by atoms with E-state index in [-0.39, 0.29) is 4.62 Å². The first-order valence-electron chi connectivity index (χ1n) is 18.7. The minimum absolute atomic E-state index is 0.175. The van der Waals surface area contributed by atoms with Gasteiger partial charge in [0.05, 0.1) is 0 Å². The number of hydrogen-bond acceptors (Lipinski definition) is 0. The van der Waals surface area contributed by atoms with Gasteiger partial charge in [-0.05, 0) is 0 Å². The van der Waals surface area contributed by atoms with E-state index in [4.69, 9.17) is 11.6 Å². The molecule has 0 amide bonds. The van der Waals surface area contributed by atoms with Gasteiger partial charge < -0.3 is 0 Å². The van der Waals surface area contributed by atoms with Gasteiger partial charge in [0.25, 0.3) is 0 Å². The van der Waals surface area contributed by atoms with Crippen LogP contribution in [0.1, 0.15) is 160 Å². The number of halogens is 2. The zero-order valence-corrected chi connectivity index (χ0v) is 29.9. The second-order valence-corrected chi connectivity index (χ2v) is 29.5. The van der Waals surface area contributed by atoms with Gasteiger partial charge in [0, 0.05) is 0 Å². The fourth-order valence-electron chi connectivity index (χ4n) is 12.9. The quantitative estimate of drug-likeness (QED) is 0.184. The predicted molar refractivity (Wildman–Crippen MR) is 194 cm³/mol. The summed E-state index contributed by atoms with van der Waals surface area (Å²) in [4.78, 5) is 0. The molecule has 0 nitrogen and oxygen atoms in total. The molecule has 0 N–H and O–H groups in total. The van der Waals surface area contributed by atoms with Crippen molar-refractivity contribution in [1.82, 2.24) is 0 Å². The fraction of sp³-hybridized carbons (Fsp3) is 0.789. The molecule has 6 aliphatic carbocycles. The van der Waals surface area contributed by atoms with E-state index < -0.39 is 13.2 Å². The summed E-state index contributed by atoms with van der Waals surface area (Å²) in [6.07, 6.45) is 36.7. The van der Waals surface area contributed by atoms with Gasteiger partial charge in [0.15, 0.2) is 0 Å². The van der Waals surface area contributed by atoms with Crippen molar-refractivity contribution in [3.63, 3.8) is 0 Å². The Balaban J connectivity index is 1.60. The van der Waals surface area contributed by atoms with E-state index in [0.717, 1.165) is 17.0 Å². The minimum atomic E-state index is -3.16. The van der Waals surface area contributed by atoms with E-state index in [1.807, 2.05) is 5.06 Å². The molecule has 0 bridgehead atoms. The molecular formula is C38H60Cl2P2. The van der Waals surface area contributed by atoms with Crippen molar-refractivity contribution < 1.29 is 0 Å². The van der Waals surface area contributed by atoms with Gasteiger partial charge in [0.2, 0.25) is 0 Å². The Bertz CT molecular complexity index is 1020. The Morgan fingerprint density at radius 3 is 1.38 bits per heavy atom. The van der Waals surface area contributed by atoms with Crippen LogP contribution in [0.3, 0.4) is 0 Å². The molecule has 0 spiro atoms. The zero-order valence-electron chi connectivity index (χ0n) is 26.5. The van der Waals surface area contributed by atoms with Gasteiger partial charge in [-0.15, -0.1) is 0 Å². The number of benzene rings is 1. The molecule has 42 heavy (non-hydrogen) atoms. The predicted octanol–water partition coefficient (Wildman–Crippen LogP) is 13.7. The number of rotatable bonds is 9. The van der Waals surface area contributed by atoms with Crippen LogP contribution in [0.15, 0.2) is 35.4 Å². The molecule has 7 rings (SSSR count). The molecule has 0 unspecified atom stereocenters. The average molecular weight is 650 g/mol. The summed E-state index contributed by atoms with van der Waals surface area (Å²) in [5.41, 5.74) is 5.64. The molecule has 6 fully saturated rings. The Kier molecular flexibility index (Phi) is 9.26. The van der Waals surface area contributed by atoms with Crippen molar-refractivity contribution >= 4 is 42.1 Å². The van der Waals surface area contributed by atoms with E-state index in [1.54, 1.807) is 0 Å². The maximum atomic E-state index is 9.56. The average Bonchev–Trinajstić information content (AvgIpc) is 3.87. The van der Waals surface area contributed by atoms with Gasteiger partial charge >= 0.3 is 270 Å². The summed E-state index contributed by atoms with van der Waals surface area (Å²) in [6.45, 7) is 0. The first-order valence-corrected chi connectivity index (χ1v) is 24.6. The molecule has 0 radical (unpaired) electrons. The zero-order chi connectivity index (χ0) is 28.7. The Hall–Kier alpha value is 0.400. The summed E-state index contributed by atoms with van der Waals surface area (Å²) in [5.74, 6) is -3.16. The van der Waals surface area contributed by atoms with Crippen molar-refractivity contribution in [3.8, 4) is 0 Å². The van der Waals surface area contributed by atoms with E-state index in [2.05, 4.69) is 36.4 Å². The molecule has 6 aliphatic rings. The summed E-state index contributed by atoms with van der Waals surface area (Å²) >= 11 is 18.1. The van der Waals surface area contributed by atoms with Crippen molar-refractivity contribution in [3.05, 3.63) is 41.0 Å². The Labute approximate surface area is 269 Å². The third-order valence-electron chi connectivity index (χ3n) is 14.4. The fourth-order valence-corrected chi connectivity index (χ4v) is 39.5. The third kappa shape index (κ3) is 4.63. The topological polar surface area (TPSA) is 0 Å². The maximum absolute atomic E-state index is 9.56. The first-order chi connectivity index (χ1) is 20.5. The van der Waals surface area contributed by atoms with Gasteiger partial charge in [-0.3, -0.25) is 0 Å². The SMILES string of the molecule is ClC1(P(Cl)(C(=Cc2ccccc2)[PH](C2CCCC2)(C2CCCC2)C2CCCC2)(C2CCCC2)C2CCCC2)CCCC1. The van der Waals surface area contributed by atoms with Crippen LogP contribution in [0.4, 0.5) is 0 Å². The monoisotopic (exact) mass is 648 g/mol. The standard InChI is InChI=1S/C38H60Cl2P2/c39-38(28-14-15-29-38)42(40,35-24-10-11-25-35,36-26-12-13-27-36)37(30-31-16-2-1-3-17-31)41(32-18-4-5-19-32,33-20-6-7-21-33)34-22-8-9-23-34/h1-3,16-17,30,32-36,41H,4-15,18-29H2. The molecule has 0 aromatic heterocycles. The van der Waals surface area contributed by atoms with Crippen LogP contribution in [0.5, 0.6) is 0 Å². The number of hydrogen-bond donors (Lipinski definition) is 0. The van der Waals surface area contributed by atoms with Crippen molar-refractivity contribution in [2.75, 3.05) is 0 Å². The second-order valence-electron chi connectivity index (χ2n) is 16.0. The molecule has 0 atom stereocenters. The van der Waals surface area contributed by atoms with Gasteiger partial charge in [-0.2, -0.15) is 0 Å². The molecule has 236 valence electrons. The summed E-state index contributed by atoms with van der Waals surface area (Å²) in [7, 11) is -2.06. The van der Waals surface area contributed by atoms with Crippen molar-refractivity contribution in [1.29, 1.82) is 0 Å². The molecule has 0 aliphatic heterocycles. The molecular weight excluding hydrogens is 589 g/mol. The Morgan fingerprint density at radius 1 is 0.595 bits per heavy atom.